The van der Waals surface area contributed by atoms with Crippen LogP contribution >= 0.6 is 0 Å². The minimum Gasteiger partial charge on any atom is -0.480 e. The minimum atomic E-state index is -4.33. The van der Waals surface area contributed by atoms with Crippen molar-refractivity contribution in [2.75, 3.05) is 26.0 Å². The molecule has 0 spiro atoms. The second-order valence-corrected chi connectivity index (χ2v) is 8.05. The molecule has 1 aliphatic heterocycles. The summed E-state index contributed by atoms with van der Waals surface area (Å²) in [6, 6.07) is 7.03. The molecule has 0 aromatic carbocycles. The van der Waals surface area contributed by atoms with Crippen molar-refractivity contribution in [1.82, 2.24) is 24.6 Å². The van der Waals surface area contributed by atoms with Crippen LogP contribution in [0.15, 0.2) is 36.7 Å². The highest BCUT2D eigenvalue weighted by Crippen LogP contribution is 2.36. The van der Waals surface area contributed by atoms with Crippen molar-refractivity contribution in [3.8, 4) is 22.9 Å². The van der Waals surface area contributed by atoms with Crippen molar-refractivity contribution >= 4 is 11.6 Å². The Morgan fingerprint density at radius 1 is 1.11 bits per heavy atom. The molecule has 190 valence electrons. The van der Waals surface area contributed by atoms with Crippen LogP contribution in [0.5, 0.6) is 11.8 Å². The summed E-state index contributed by atoms with van der Waals surface area (Å²) in [6.07, 6.45) is -2.84. The number of likely N-dealkylation sites (N-methyl/N-ethyl adjacent to an activating group) is 1. The quantitative estimate of drug-likeness (QED) is 0.514. The smallest absolute Gasteiger partial charge is 0.392 e. The van der Waals surface area contributed by atoms with Crippen molar-refractivity contribution in [2.24, 2.45) is 7.05 Å². The molecule has 0 fully saturated rings. The predicted molar refractivity (Wildman–Crippen MR) is 128 cm³/mol. The number of anilines is 2. The van der Waals surface area contributed by atoms with Crippen molar-refractivity contribution in [3.63, 3.8) is 0 Å². The molecule has 0 saturated heterocycles. The summed E-state index contributed by atoms with van der Waals surface area (Å²) in [4.78, 5) is 10.8. The number of nitrogens with one attached hydrogen (secondary N) is 1. The van der Waals surface area contributed by atoms with Crippen molar-refractivity contribution in [3.05, 3.63) is 42.2 Å². The number of aromatic nitrogens is 4. The zero-order valence-electron chi connectivity index (χ0n) is 20.7. The van der Waals surface area contributed by atoms with Crippen molar-refractivity contribution < 1.29 is 22.6 Å². The summed E-state index contributed by atoms with van der Waals surface area (Å²) >= 11 is 0. The number of halogens is 3. The Labute approximate surface area is 203 Å². The van der Waals surface area contributed by atoms with Gasteiger partial charge < -0.3 is 14.8 Å². The van der Waals surface area contributed by atoms with Gasteiger partial charge in [0, 0.05) is 42.5 Å². The molecular weight excluding hydrogens is 461 g/mol. The van der Waals surface area contributed by atoms with Gasteiger partial charge in [-0.15, -0.1) is 0 Å². The highest BCUT2D eigenvalue weighted by Gasteiger charge is 2.37. The first-order valence-electron chi connectivity index (χ1n) is 11.4. The molecular formula is C24H31F3N6O2. The molecule has 11 heteroatoms. The summed E-state index contributed by atoms with van der Waals surface area (Å²) in [7, 11) is 5.13. The minimum absolute atomic E-state index is 0.142. The van der Waals surface area contributed by atoms with Gasteiger partial charge in [0.05, 0.1) is 19.7 Å². The lowest BCUT2D eigenvalue weighted by Crippen LogP contribution is -2.35. The lowest BCUT2D eigenvalue weighted by Gasteiger charge is -2.24. The first-order chi connectivity index (χ1) is 16.6. The van der Waals surface area contributed by atoms with Crippen LogP contribution in [0.1, 0.15) is 38.8 Å². The van der Waals surface area contributed by atoms with Gasteiger partial charge in [-0.1, -0.05) is 13.8 Å². The van der Waals surface area contributed by atoms with Gasteiger partial charge in [0.25, 0.3) is 0 Å². The summed E-state index contributed by atoms with van der Waals surface area (Å²) in [5, 5.41) is 7.25. The Morgan fingerprint density at radius 3 is 2.43 bits per heavy atom. The van der Waals surface area contributed by atoms with E-state index in [1.54, 1.807) is 30.1 Å². The average molecular weight is 493 g/mol. The van der Waals surface area contributed by atoms with E-state index in [1.807, 2.05) is 51.0 Å². The van der Waals surface area contributed by atoms with Gasteiger partial charge in [-0.3, -0.25) is 9.58 Å². The van der Waals surface area contributed by atoms with E-state index in [0.717, 1.165) is 16.7 Å². The number of alkyl halides is 3. The van der Waals surface area contributed by atoms with E-state index in [0.29, 0.717) is 17.5 Å². The number of ether oxygens (including phenoxy) is 2. The Kier molecular flexibility index (Phi) is 8.21. The Balaban J connectivity index is 0.00000167. The molecule has 0 saturated carbocycles. The third-order valence-electron chi connectivity index (χ3n) is 5.56. The van der Waals surface area contributed by atoms with E-state index in [-0.39, 0.29) is 18.5 Å². The van der Waals surface area contributed by atoms with Crippen LogP contribution in [0.4, 0.5) is 24.8 Å². The van der Waals surface area contributed by atoms with Gasteiger partial charge >= 0.3 is 6.18 Å². The lowest BCUT2D eigenvalue weighted by molar-refractivity contribution is -0.152. The van der Waals surface area contributed by atoms with Gasteiger partial charge in [0.2, 0.25) is 11.8 Å². The summed E-state index contributed by atoms with van der Waals surface area (Å²) in [5.74, 6) is 1.46. The molecule has 4 heterocycles. The van der Waals surface area contributed by atoms with Crippen molar-refractivity contribution in [1.29, 1.82) is 0 Å². The maximum Gasteiger partial charge on any atom is 0.392 e. The van der Waals surface area contributed by atoms with Gasteiger partial charge in [-0.05, 0) is 38.2 Å². The average Bonchev–Trinajstić information content (AvgIpc) is 3.20. The number of fused-ring (bicyclic) bond motifs is 1. The molecule has 1 aliphatic rings. The predicted octanol–water partition coefficient (Wildman–Crippen LogP) is 5.36. The molecule has 0 amide bonds. The van der Waals surface area contributed by atoms with E-state index < -0.39 is 18.7 Å². The van der Waals surface area contributed by atoms with E-state index in [1.165, 1.54) is 7.11 Å². The number of nitrogens with zero attached hydrogens (tertiary/aromatic N) is 5. The summed E-state index contributed by atoms with van der Waals surface area (Å²) in [5.41, 5.74) is 2.37. The second kappa shape index (κ2) is 10.9. The van der Waals surface area contributed by atoms with E-state index >= 15 is 0 Å². The number of pyridine rings is 2. The third-order valence-corrected chi connectivity index (χ3v) is 5.56. The molecule has 3 aromatic rings. The van der Waals surface area contributed by atoms with Gasteiger partial charge in [0.15, 0.2) is 0 Å². The van der Waals surface area contributed by atoms with Crippen molar-refractivity contribution in [2.45, 2.75) is 45.5 Å². The second-order valence-electron chi connectivity index (χ2n) is 8.05. The fraction of sp³-hybridized carbons (Fsp3) is 0.458. The van der Waals surface area contributed by atoms with Crippen LogP contribution in [-0.2, 0) is 7.05 Å². The Hall–Kier alpha value is -3.34. The molecule has 0 radical (unpaired) electrons. The van der Waals surface area contributed by atoms with Crippen LogP contribution < -0.4 is 14.8 Å². The van der Waals surface area contributed by atoms with Crippen LogP contribution in [0.3, 0.4) is 0 Å². The molecule has 0 bridgehead atoms. The molecule has 1 N–H and O–H groups in total. The molecule has 4 rings (SSSR count). The van der Waals surface area contributed by atoms with Crippen LogP contribution in [0.25, 0.3) is 11.1 Å². The molecule has 8 nitrogen and oxygen atoms in total. The topological polar surface area (TPSA) is 77.3 Å². The first-order valence-corrected chi connectivity index (χ1v) is 11.4. The molecule has 2 unspecified atom stereocenters. The number of aryl methyl sites for hydroxylation is 1. The molecule has 3 aromatic heterocycles. The highest BCUT2D eigenvalue weighted by atomic mass is 19.4. The summed E-state index contributed by atoms with van der Waals surface area (Å²) < 4.78 is 51.9. The third kappa shape index (κ3) is 6.41. The monoisotopic (exact) mass is 492 g/mol. The van der Waals surface area contributed by atoms with Gasteiger partial charge in [0.1, 0.15) is 17.7 Å². The van der Waals surface area contributed by atoms with E-state index in [9.17, 15) is 13.2 Å². The number of hydrogen-bond donors (Lipinski definition) is 1. The first kappa shape index (κ1) is 26.3. The number of rotatable bonds is 5. The maximum absolute atomic E-state index is 13.0. The van der Waals surface area contributed by atoms with E-state index in [2.05, 4.69) is 20.4 Å². The standard InChI is InChI=1S/C22H25F3N6O2.C2H6/c1-13-16-5-7-19(29-21(16)33-15(12-30(13)2)9-22(23,24)25)27-18-8-6-17(20(28-18)32-4)14-10-26-31(3)11-14;1-2/h5-8,10-11,13,15H,9,12H2,1-4H3,(H,27,28,29);1-2H3. The zero-order chi connectivity index (χ0) is 25.8. The fourth-order valence-electron chi connectivity index (χ4n) is 3.79. The SMILES string of the molecule is CC.COc1nc(Nc2ccc3c(n2)OC(CC(F)(F)F)CN(C)C3C)ccc1-c1cnn(C)c1. The molecule has 0 aliphatic carbocycles. The van der Waals surface area contributed by atoms with Crippen LogP contribution in [-0.4, -0.2) is 57.6 Å². The largest absolute Gasteiger partial charge is 0.480 e. The number of hydrogen-bond acceptors (Lipinski definition) is 7. The fourth-order valence-corrected chi connectivity index (χ4v) is 3.79. The summed E-state index contributed by atoms with van der Waals surface area (Å²) in [6.45, 7) is 6.06. The molecule has 2 atom stereocenters. The van der Waals surface area contributed by atoms with Gasteiger partial charge in [-0.2, -0.15) is 28.2 Å². The van der Waals surface area contributed by atoms with Gasteiger partial charge in [-0.25, -0.2) is 0 Å². The Morgan fingerprint density at radius 2 is 1.80 bits per heavy atom. The Bertz CT molecular complexity index is 1130. The number of methoxy groups -OCH3 is 1. The zero-order valence-corrected chi connectivity index (χ0v) is 20.7. The van der Waals surface area contributed by atoms with Crippen LogP contribution in [0.2, 0.25) is 0 Å². The normalized spacial score (nSPS) is 18.0. The van der Waals surface area contributed by atoms with E-state index in [4.69, 9.17) is 9.47 Å². The van der Waals surface area contributed by atoms with Crippen LogP contribution in [0, 0.1) is 0 Å². The maximum atomic E-state index is 13.0. The highest BCUT2D eigenvalue weighted by molar-refractivity contribution is 5.70. The lowest BCUT2D eigenvalue weighted by atomic mass is 10.1. The molecule has 35 heavy (non-hydrogen) atoms.